The summed E-state index contributed by atoms with van der Waals surface area (Å²) in [4.78, 5) is 8.36. The van der Waals surface area contributed by atoms with Crippen molar-refractivity contribution in [1.82, 2.24) is 0 Å². The maximum atomic E-state index is 2.73. The van der Waals surface area contributed by atoms with E-state index in [1.54, 1.807) is 24.5 Å². The van der Waals surface area contributed by atoms with Crippen molar-refractivity contribution < 1.29 is 0 Å². The van der Waals surface area contributed by atoms with Gasteiger partial charge in [0.15, 0.2) is 0 Å². The van der Waals surface area contributed by atoms with Gasteiger partial charge in [-0.25, -0.2) is 0 Å². The fourth-order valence-electron chi connectivity index (χ4n) is 8.26. The highest BCUT2D eigenvalue weighted by Gasteiger charge is 2.21. The SMILES string of the molecule is CCCCCCCCCCSc1cc(SCCCCCCCCCC)c(SCCCCCCCCCC)c(SCCCCCCCCCC)c1SCCCCCCCCCC. The molecule has 0 bridgehead atoms. The molecular weight excluding hydrogens is 833 g/mol. The minimum atomic E-state index is 1.29. The lowest BCUT2D eigenvalue weighted by Crippen LogP contribution is -1.97. The van der Waals surface area contributed by atoms with E-state index in [0.29, 0.717) is 0 Å². The van der Waals surface area contributed by atoms with Crippen molar-refractivity contribution in [2.75, 3.05) is 28.8 Å². The summed E-state index contributed by atoms with van der Waals surface area (Å²) in [5, 5.41) is 0. The molecule has 0 N–H and O–H groups in total. The van der Waals surface area contributed by atoms with Crippen molar-refractivity contribution in [3.8, 4) is 0 Å². The Morgan fingerprint density at radius 2 is 0.393 bits per heavy atom. The van der Waals surface area contributed by atoms with Crippen LogP contribution in [0.3, 0.4) is 0 Å². The zero-order valence-electron chi connectivity index (χ0n) is 41.9. The normalized spacial score (nSPS) is 11.7. The van der Waals surface area contributed by atoms with E-state index in [0.717, 1.165) is 0 Å². The second kappa shape index (κ2) is 48.9. The molecule has 0 nitrogen and oxygen atoms in total. The molecule has 0 heterocycles. The van der Waals surface area contributed by atoms with Crippen LogP contribution in [-0.2, 0) is 0 Å². The van der Waals surface area contributed by atoms with Crippen LogP contribution in [0.4, 0.5) is 0 Å². The van der Waals surface area contributed by atoms with Crippen molar-refractivity contribution in [2.24, 2.45) is 0 Å². The summed E-state index contributed by atoms with van der Waals surface area (Å²) in [6, 6.07) is 2.73. The van der Waals surface area contributed by atoms with E-state index in [2.05, 4.69) is 99.5 Å². The molecule has 0 aliphatic heterocycles. The summed E-state index contributed by atoms with van der Waals surface area (Å²) >= 11 is 11.3. The summed E-state index contributed by atoms with van der Waals surface area (Å²) in [5.74, 6) is 6.45. The Labute approximate surface area is 406 Å². The second-order valence-electron chi connectivity index (χ2n) is 18.5. The molecule has 0 fully saturated rings. The topological polar surface area (TPSA) is 0 Å². The van der Waals surface area contributed by atoms with Crippen LogP contribution in [0, 0.1) is 0 Å². The third-order valence-corrected chi connectivity index (χ3v) is 18.7. The molecule has 0 spiro atoms. The largest absolute Gasteiger partial charge is 0.125 e. The van der Waals surface area contributed by atoms with Gasteiger partial charge < -0.3 is 0 Å². The van der Waals surface area contributed by atoms with Gasteiger partial charge in [0.1, 0.15) is 0 Å². The molecule has 0 aliphatic carbocycles. The van der Waals surface area contributed by atoms with Crippen molar-refractivity contribution in [3.63, 3.8) is 0 Å². The summed E-state index contributed by atoms with van der Waals surface area (Å²) < 4.78 is 0. The molecule has 5 heteroatoms. The van der Waals surface area contributed by atoms with Crippen LogP contribution < -0.4 is 0 Å². The van der Waals surface area contributed by atoms with Crippen LogP contribution in [-0.4, -0.2) is 28.8 Å². The number of hydrogen-bond acceptors (Lipinski definition) is 5. The molecule has 0 aliphatic rings. The number of benzene rings is 1. The summed E-state index contributed by atoms with van der Waals surface area (Å²) in [6.45, 7) is 11.7. The van der Waals surface area contributed by atoms with E-state index in [4.69, 9.17) is 0 Å². The quantitative estimate of drug-likeness (QED) is 0.0470. The Morgan fingerprint density at radius 3 is 0.623 bits per heavy atom. The van der Waals surface area contributed by atoms with E-state index in [-0.39, 0.29) is 0 Å². The standard InChI is InChI=1S/C56H106S5/c1-6-11-16-21-26-31-36-41-46-57-52-51-53(58-47-42-37-32-27-22-17-12-7-2)55(60-49-44-39-34-29-24-19-14-9-4)56(61-50-45-40-35-30-25-20-15-10-5)54(52)59-48-43-38-33-28-23-18-13-8-3/h51H,6-50H2,1-5H3. The average molecular weight is 940 g/mol. The van der Waals surface area contributed by atoms with Gasteiger partial charge in [-0.05, 0) is 66.9 Å². The first-order valence-electron chi connectivity index (χ1n) is 27.6. The first kappa shape index (κ1) is 60.0. The average Bonchev–Trinajstić information content (AvgIpc) is 3.27. The fourth-order valence-corrected chi connectivity index (χ4v) is 15.0. The molecule has 0 atom stereocenters. The van der Waals surface area contributed by atoms with Crippen molar-refractivity contribution in [1.29, 1.82) is 0 Å². The van der Waals surface area contributed by atoms with Crippen molar-refractivity contribution >= 4 is 58.8 Å². The Hall–Kier alpha value is 0.970. The van der Waals surface area contributed by atoms with Gasteiger partial charge >= 0.3 is 0 Å². The van der Waals surface area contributed by atoms with Crippen molar-refractivity contribution in [2.45, 2.75) is 316 Å². The molecule has 0 saturated carbocycles. The Morgan fingerprint density at radius 1 is 0.213 bits per heavy atom. The lowest BCUT2D eigenvalue weighted by Gasteiger charge is -2.22. The number of rotatable bonds is 50. The van der Waals surface area contributed by atoms with Crippen LogP contribution in [0.25, 0.3) is 0 Å². The highest BCUT2D eigenvalue weighted by molar-refractivity contribution is 8.05. The molecule has 360 valence electrons. The molecule has 0 unspecified atom stereocenters. The van der Waals surface area contributed by atoms with Gasteiger partial charge in [0, 0.05) is 24.5 Å². The van der Waals surface area contributed by atoms with Gasteiger partial charge in [0.25, 0.3) is 0 Å². The van der Waals surface area contributed by atoms with Gasteiger partial charge in [-0.2, -0.15) is 0 Å². The molecular formula is C56H106S5. The molecule has 61 heavy (non-hydrogen) atoms. The minimum Gasteiger partial charge on any atom is -0.125 e. The molecule has 0 amide bonds. The second-order valence-corrected chi connectivity index (χ2v) is 24.1. The van der Waals surface area contributed by atoms with Gasteiger partial charge in [-0.1, -0.05) is 259 Å². The summed E-state index contributed by atoms with van der Waals surface area (Å²) in [7, 11) is 0. The van der Waals surface area contributed by atoms with Crippen LogP contribution in [0.1, 0.15) is 291 Å². The Kier molecular flexibility index (Phi) is 48.1. The number of thioether (sulfide) groups is 5. The molecule has 1 aromatic rings. The smallest absolute Gasteiger partial charge is 0.0367 e. The van der Waals surface area contributed by atoms with Gasteiger partial charge in [-0.3, -0.25) is 0 Å². The van der Waals surface area contributed by atoms with E-state index < -0.39 is 0 Å². The van der Waals surface area contributed by atoms with Crippen LogP contribution >= 0.6 is 58.8 Å². The molecule has 1 aromatic carbocycles. The minimum absolute atomic E-state index is 1.29. The third-order valence-electron chi connectivity index (χ3n) is 12.4. The fraction of sp³-hybridized carbons (Fsp3) is 0.893. The maximum absolute atomic E-state index is 2.73. The maximum Gasteiger partial charge on any atom is 0.0367 e. The Balaban J connectivity index is 3.27. The summed E-state index contributed by atoms with van der Waals surface area (Å²) in [5.41, 5.74) is 0. The van der Waals surface area contributed by atoms with Crippen molar-refractivity contribution in [3.05, 3.63) is 6.07 Å². The number of unbranched alkanes of at least 4 members (excludes halogenated alkanes) is 35. The van der Waals surface area contributed by atoms with E-state index in [1.165, 1.54) is 286 Å². The highest BCUT2D eigenvalue weighted by Crippen LogP contribution is 2.49. The van der Waals surface area contributed by atoms with Crippen LogP contribution in [0.2, 0.25) is 0 Å². The van der Waals surface area contributed by atoms with Gasteiger partial charge in [0.2, 0.25) is 0 Å². The zero-order chi connectivity index (χ0) is 43.9. The lowest BCUT2D eigenvalue weighted by molar-refractivity contribution is 0.586. The predicted octanol–water partition coefficient (Wildman–Crippen LogP) is 22.9. The van der Waals surface area contributed by atoms with Crippen LogP contribution in [0.5, 0.6) is 0 Å². The van der Waals surface area contributed by atoms with E-state index in [1.807, 2.05) is 0 Å². The molecule has 1 rings (SSSR count). The lowest BCUT2D eigenvalue weighted by atomic mass is 10.1. The monoisotopic (exact) mass is 939 g/mol. The van der Waals surface area contributed by atoms with Gasteiger partial charge in [0.05, 0.1) is 0 Å². The Bertz CT molecular complexity index is 960. The molecule has 0 saturated heterocycles. The first-order valence-corrected chi connectivity index (χ1v) is 32.5. The first-order chi connectivity index (χ1) is 30.2. The van der Waals surface area contributed by atoms with E-state index in [9.17, 15) is 0 Å². The summed E-state index contributed by atoms with van der Waals surface area (Å²) in [6.07, 6.45) is 56.5. The molecule has 0 radical (unpaired) electrons. The highest BCUT2D eigenvalue weighted by atomic mass is 32.2. The predicted molar refractivity (Wildman–Crippen MR) is 293 cm³/mol. The van der Waals surface area contributed by atoms with Crippen LogP contribution in [0.15, 0.2) is 30.5 Å². The molecule has 0 aromatic heterocycles. The zero-order valence-corrected chi connectivity index (χ0v) is 46.0. The van der Waals surface area contributed by atoms with E-state index >= 15 is 0 Å². The number of hydrogen-bond donors (Lipinski definition) is 0. The van der Waals surface area contributed by atoms with Gasteiger partial charge in [-0.15, -0.1) is 58.8 Å². The third kappa shape index (κ3) is 36.7.